The van der Waals surface area contributed by atoms with E-state index in [0.717, 1.165) is 28.6 Å². The van der Waals surface area contributed by atoms with E-state index in [4.69, 9.17) is 58.0 Å². The molecule has 0 aliphatic heterocycles. The van der Waals surface area contributed by atoms with E-state index in [2.05, 4.69) is 27.1 Å². The van der Waals surface area contributed by atoms with Crippen LogP contribution >= 0.6 is 58.0 Å². The van der Waals surface area contributed by atoms with Crippen LogP contribution in [0.15, 0.2) is 12.7 Å². The van der Waals surface area contributed by atoms with Gasteiger partial charge in [-0.25, -0.2) is 14.8 Å². The Labute approximate surface area is 163 Å². The Morgan fingerprint density at radius 2 is 1.92 bits per heavy atom. The summed E-state index contributed by atoms with van der Waals surface area (Å²) in [5.74, 6) is 0.171. The normalized spacial score (nSPS) is 12.6. The van der Waals surface area contributed by atoms with E-state index < -0.39 is 14.2 Å². The van der Waals surface area contributed by atoms with Crippen molar-refractivity contribution in [1.29, 1.82) is 0 Å². The first-order valence-electron chi connectivity index (χ1n) is 6.98. The van der Waals surface area contributed by atoms with Crippen molar-refractivity contribution in [2.24, 2.45) is 0 Å². The van der Waals surface area contributed by atoms with Crippen LogP contribution in [-0.2, 0) is 10.8 Å². The number of hydrogen-bond donors (Lipinski definition) is 0. The van der Waals surface area contributed by atoms with Crippen LogP contribution in [0.5, 0.6) is 0 Å². The van der Waals surface area contributed by atoms with Gasteiger partial charge in [0.2, 0.25) is 8.13 Å². The minimum atomic E-state index is -2.08. The Morgan fingerprint density at radius 1 is 1.21 bits per heavy atom. The van der Waals surface area contributed by atoms with E-state index in [1.807, 2.05) is 0 Å². The lowest BCUT2D eigenvalue weighted by Gasteiger charge is -2.23. The Hall–Kier alpha value is -0.600. The average Bonchev–Trinajstić information content (AvgIpc) is 3.15. The van der Waals surface area contributed by atoms with Gasteiger partial charge in [0.15, 0.2) is 5.82 Å². The third-order valence-electron chi connectivity index (χ3n) is 3.11. The summed E-state index contributed by atoms with van der Waals surface area (Å²) in [6.07, 6.45) is 5.69. The van der Waals surface area contributed by atoms with Gasteiger partial charge in [0, 0.05) is 6.42 Å². The lowest BCUT2D eigenvalue weighted by Crippen LogP contribution is -2.30. The largest absolute Gasteiger partial charge is 0.372 e. The second kappa shape index (κ2) is 7.74. The molecular formula is C12H13Cl5N6O. The van der Waals surface area contributed by atoms with Crippen LogP contribution in [0.25, 0.3) is 0 Å². The number of nitrogens with zero attached hydrogens (tertiary/aromatic N) is 6. The Bertz CT molecular complexity index is 693. The molecule has 0 aliphatic rings. The maximum Gasteiger partial charge on any atom is 0.372 e. The third-order valence-corrected chi connectivity index (χ3v) is 5.45. The Morgan fingerprint density at radius 3 is 2.46 bits per heavy atom. The number of hydrogen-bond acceptors (Lipinski definition) is 5. The number of carbonyl (C=O) groups excluding carboxylic acids is 1. The van der Waals surface area contributed by atoms with E-state index in [1.165, 1.54) is 12.7 Å². The van der Waals surface area contributed by atoms with Gasteiger partial charge in [0.25, 0.3) is 0 Å². The van der Waals surface area contributed by atoms with Crippen molar-refractivity contribution in [3.8, 4) is 0 Å². The monoisotopic (exact) mass is 432 g/mol. The molecule has 2 aromatic rings. The standard InChI is InChI=1S/C12H13Cl5N6O/c1-2-3-4-5-8-20-9(11(13,14)12(15,16)17)21-23(8)10(24)22-7-18-6-19-22/h6-7H,2-5H2,1H3. The van der Waals surface area contributed by atoms with E-state index in [-0.39, 0.29) is 5.82 Å². The zero-order valence-electron chi connectivity index (χ0n) is 12.5. The molecule has 0 saturated heterocycles. The molecule has 0 aromatic carbocycles. The molecule has 24 heavy (non-hydrogen) atoms. The van der Waals surface area contributed by atoms with Crippen molar-refractivity contribution < 1.29 is 4.79 Å². The zero-order chi connectivity index (χ0) is 18.0. The van der Waals surface area contributed by atoms with Gasteiger partial charge in [-0.1, -0.05) is 77.8 Å². The van der Waals surface area contributed by atoms with Gasteiger partial charge < -0.3 is 0 Å². The second-order valence-electron chi connectivity index (χ2n) is 4.92. The van der Waals surface area contributed by atoms with Crippen LogP contribution in [0.1, 0.15) is 37.8 Å². The lowest BCUT2D eigenvalue weighted by atomic mass is 10.2. The highest BCUT2D eigenvalue weighted by Crippen LogP contribution is 2.51. The van der Waals surface area contributed by atoms with Gasteiger partial charge in [0.05, 0.1) is 0 Å². The summed E-state index contributed by atoms with van der Waals surface area (Å²) in [6, 6.07) is -0.591. The lowest BCUT2D eigenvalue weighted by molar-refractivity contribution is 0.237. The van der Waals surface area contributed by atoms with Gasteiger partial charge in [0.1, 0.15) is 18.5 Å². The Balaban J connectivity index is 2.42. The first kappa shape index (κ1) is 19.7. The molecule has 0 bridgehead atoms. The fraction of sp³-hybridized carbons (Fsp3) is 0.583. The molecule has 0 radical (unpaired) electrons. The first-order valence-corrected chi connectivity index (χ1v) is 8.87. The molecule has 0 amide bonds. The fourth-order valence-electron chi connectivity index (χ4n) is 1.86. The molecule has 0 aliphatic carbocycles. The molecular weight excluding hydrogens is 421 g/mol. The smallest absolute Gasteiger partial charge is 0.243 e. The molecule has 2 heterocycles. The molecule has 2 rings (SSSR count). The molecule has 12 heteroatoms. The summed E-state index contributed by atoms with van der Waals surface area (Å²) in [5.41, 5.74) is 0. The average molecular weight is 435 g/mol. The van der Waals surface area contributed by atoms with Crippen LogP contribution in [0.4, 0.5) is 4.79 Å². The van der Waals surface area contributed by atoms with Crippen molar-refractivity contribution in [2.75, 3.05) is 0 Å². The zero-order valence-corrected chi connectivity index (χ0v) is 16.2. The van der Waals surface area contributed by atoms with Crippen LogP contribution in [0, 0.1) is 0 Å². The van der Waals surface area contributed by atoms with Crippen LogP contribution < -0.4 is 0 Å². The van der Waals surface area contributed by atoms with E-state index >= 15 is 0 Å². The fourth-order valence-corrected chi connectivity index (χ4v) is 2.27. The Kier molecular flexibility index (Phi) is 6.36. The summed E-state index contributed by atoms with van der Waals surface area (Å²) < 4.78 is -2.07. The summed E-state index contributed by atoms with van der Waals surface area (Å²) in [5, 5.41) is 7.81. The first-order chi connectivity index (χ1) is 11.2. The number of unbranched alkanes of at least 4 members (excludes halogenated alkanes) is 2. The number of aryl methyl sites for hydroxylation is 1. The van der Waals surface area contributed by atoms with E-state index in [1.54, 1.807) is 0 Å². The third kappa shape index (κ3) is 4.14. The number of rotatable bonds is 5. The maximum absolute atomic E-state index is 12.5. The number of alkyl halides is 5. The summed E-state index contributed by atoms with van der Waals surface area (Å²) in [4.78, 5) is 20.4. The predicted octanol–water partition coefficient (Wildman–Crippen LogP) is 4.12. The van der Waals surface area contributed by atoms with Crippen molar-refractivity contribution in [3.63, 3.8) is 0 Å². The van der Waals surface area contributed by atoms with Crippen molar-refractivity contribution in [2.45, 2.75) is 40.7 Å². The highest BCUT2D eigenvalue weighted by Gasteiger charge is 2.51. The van der Waals surface area contributed by atoms with Gasteiger partial charge >= 0.3 is 6.03 Å². The summed E-state index contributed by atoms with van der Waals surface area (Å²) in [6.45, 7) is 2.06. The van der Waals surface area contributed by atoms with Crippen LogP contribution in [0.3, 0.4) is 0 Å². The molecule has 0 N–H and O–H groups in total. The molecule has 0 spiro atoms. The van der Waals surface area contributed by atoms with Crippen molar-refractivity contribution in [3.05, 3.63) is 24.3 Å². The van der Waals surface area contributed by atoms with Gasteiger partial charge in [-0.05, 0) is 6.42 Å². The highest BCUT2D eigenvalue weighted by atomic mass is 35.6. The van der Waals surface area contributed by atoms with Crippen LogP contribution in [-0.4, -0.2) is 39.4 Å². The van der Waals surface area contributed by atoms with Crippen molar-refractivity contribution >= 4 is 64.0 Å². The molecule has 0 fully saturated rings. The van der Waals surface area contributed by atoms with Crippen molar-refractivity contribution in [1.82, 2.24) is 29.5 Å². The molecule has 7 nitrogen and oxygen atoms in total. The molecule has 0 atom stereocenters. The second-order valence-corrected chi connectivity index (χ2v) is 8.52. The maximum atomic E-state index is 12.5. The van der Waals surface area contributed by atoms with Gasteiger partial charge in [-0.2, -0.15) is 14.5 Å². The number of aromatic nitrogens is 6. The number of halogens is 5. The van der Waals surface area contributed by atoms with Gasteiger partial charge in [-0.15, -0.1) is 5.10 Å². The minimum absolute atomic E-state index is 0.175. The van der Waals surface area contributed by atoms with Gasteiger partial charge in [-0.3, -0.25) is 0 Å². The SMILES string of the molecule is CCCCCc1nc(C(Cl)(Cl)C(Cl)(Cl)Cl)nn1C(=O)n1cncn1. The molecule has 0 unspecified atom stereocenters. The quantitative estimate of drug-likeness (QED) is 0.523. The predicted molar refractivity (Wildman–Crippen MR) is 93.1 cm³/mol. The summed E-state index contributed by atoms with van der Waals surface area (Å²) >= 11 is 29.6. The topological polar surface area (TPSA) is 78.5 Å². The van der Waals surface area contributed by atoms with Crippen LogP contribution in [0.2, 0.25) is 0 Å². The van der Waals surface area contributed by atoms with E-state index in [9.17, 15) is 4.79 Å². The molecule has 132 valence electrons. The summed E-state index contributed by atoms with van der Waals surface area (Å²) in [7, 11) is 0. The van der Waals surface area contributed by atoms with E-state index in [0.29, 0.717) is 12.2 Å². The number of carbonyl (C=O) groups is 1. The highest BCUT2D eigenvalue weighted by molar-refractivity contribution is 6.75. The minimum Gasteiger partial charge on any atom is -0.243 e. The molecule has 0 saturated carbocycles. The molecule has 2 aromatic heterocycles.